The fourth-order valence-corrected chi connectivity index (χ4v) is 1.89. The number of hydrogen-bond acceptors (Lipinski definition) is 3. The minimum absolute atomic E-state index is 0.479. The summed E-state index contributed by atoms with van der Waals surface area (Å²) in [6.07, 6.45) is 0.948. The van der Waals surface area contributed by atoms with Gasteiger partial charge in [0.2, 0.25) is 0 Å². The zero-order valence-corrected chi connectivity index (χ0v) is 12.0. The van der Waals surface area contributed by atoms with E-state index in [0.717, 1.165) is 16.3 Å². The first-order valence-electron chi connectivity index (χ1n) is 6.46. The number of fused-ring (bicyclic) bond motifs is 1. The third-order valence-electron chi connectivity index (χ3n) is 2.70. The SMILES string of the molecule is C=Cc1ccc2ccccc2c1OC(=O)OC(C)(C)C. The molecule has 3 nitrogen and oxygen atoms in total. The van der Waals surface area contributed by atoms with E-state index in [0.29, 0.717) is 5.75 Å². The average molecular weight is 270 g/mol. The molecule has 0 aliphatic heterocycles. The second kappa shape index (κ2) is 5.37. The molecule has 0 aliphatic rings. The highest BCUT2D eigenvalue weighted by molar-refractivity contribution is 5.93. The average Bonchev–Trinajstić information content (AvgIpc) is 2.37. The molecule has 2 aromatic carbocycles. The smallest absolute Gasteiger partial charge is 0.428 e. The molecule has 0 aromatic heterocycles. The predicted molar refractivity (Wildman–Crippen MR) is 80.9 cm³/mol. The number of rotatable bonds is 2. The Morgan fingerprint density at radius 3 is 2.50 bits per heavy atom. The molecule has 3 heteroatoms. The van der Waals surface area contributed by atoms with Gasteiger partial charge in [-0.2, -0.15) is 0 Å². The van der Waals surface area contributed by atoms with Crippen molar-refractivity contribution >= 4 is 23.0 Å². The van der Waals surface area contributed by atoms with Crippen LogP contribution in [-0.2, 0) is 4.74 Å². The molecule has 20 heavy (non-hydrogen) atoms. The molecule has 0 radical (unpaired) electrons. The van der Waals surface area contributed by atoms with Gasteiger partial charge in [-0.05, 0) is 26.2 Å². The van der Waals surface area contributed by atoms with Crippen LogP contribution in [0.2, 0.25) is 0 Å². The van der Waals surface area contributed by atoms with Crippen molar-refractivity contribution in [3.63, 3.8) is 0 Å². The Morgan fingerprint density at radius 2 is 1.85 bits per heavy atom. The van der Waals surface area contributed by atoms with Gasteiger partial charge in [-0.1, -0.05) is 49.1 Å². The molecular formula is C17H18O3. The van der Waals surface area contributed by atoms with Crippen molar-refractivity contribution in [3.8, 4) is 5.75 Å². The van der Waals surface area contributed by atoms with E-state index in [9.17, 15) is 4.79 Å². The number of hydrogen-bond donors (Lipinski definition) is 0. The quantitative estimate of drug-likeness (QED) is 0.581. The molecule has 2 rings (SSSR count). The standard InChI is InChI=1S/C17H18O3/c1-5-12-10-11-13-8-6-7-9-14(13)15(12)19-16(18)20-17(2,3)4/h5-11H,1H2,2-4H3. The van der Waals surface area contributed by atoms with E-state index in [2.05, 4.69) is 6.58 Å². The van der Waals surface area contributed by atoms with Crippen molar-refractivity contribution < 1.29 is 14.3 Å². The maximum atomic E-state index is 11.9. The molecule has 0 saturated heterocycles. The lowest BCUT2D eigenvalue weighted by atomic mass is 10.1. The number of carbonyl (C=O) groups excluding carboxylic acids is 1. The maximum Gasteiger partial charge on any atom is 0.514 e. The number of benzene rings is 2. The largest absolute Gasteiger partial charge is 0.514 e. The highest BCUT2D eigenvalue weighted by Gasteiger charge is 2.19. The van der Waals surface area contributed by atoms with Gasteiger partial charge in [-0.25, -0.2) is 4.79 Å². The normalized spacial score (nSPS) is 11.2. The summed E-state index contributed by atoms with van der Waals surface area (Å²) in [6.45, 7) is 9.14. The predicted octanol–water partition coefficient (Wildman–Crippen LogP) is 4.80. The van der Waals surface area contributed by atoms with E-state index in [-0.39, 0.29) is 0 Å². The van der Waals surface area contributed by atoms with Gasteiger partial charge in [0.15, 0.2) is 0 Å². The molecule has 0 N–H and O–H groups in total. The Bertz CT molecular complexity index is 651. The summed E-state index contributed by atoms with van der Waals surface area (Å²) in [5, 5.41) is 1.85. The number of carbonyl (C=O) groups is 1. The van der Waals surface area contributed by atoms with Gasteiger partial charge < -0.3 is 9.47 Å². The lowest BCUT2D eigenvalue weighted by Crippen LogP contribution is -2.26. The van der Waals surface area contributed by atoms with Crippen molar-refractivity contribution in [2.24, 2.45) is 0 Å². The second-order valence-corrected chi connectivity index (χ2v) is 5.48. The van der Waals surface area contributed by atoms with Crippen molar-refractivity contribution in [2.75, 3.05) is 0 Å². The molecule has 0 unspecified atom stereocenters. The second-order valence-electron chi connectivity index (χ2n) is 5.48. The molecule has 0 atom stereocenters. The summed E-state index contributed by atoms with van der Waals surface area (Å²) in [7, 11) is 0. The fourth-order valence-electron chi connectivity index (χ4n) is 1.89. The van der Waals surface area contributed by atoms with Crippen LogP contribution < -0.4 is 4.74 Å². The van der Waals surface area contributed by atoms with Gasteiger partial charge in [-0.3, -0.25) is 0 Å². The first kappa shape index (κ1) is 14.1. The van der Waals surface area contributed by atoms with Gasteiger partial charge >= 0.3 is 6.16 Å². The summed E-state index contributed by atoms with van der Waals surface area (Å²) in [5.41, 5.74) is 0.172. The molecule has 104 valence electrons. The minimum atomic E-state index is -0.711. The van der Waals surface area contributed by atoms with Crippen molar-refractivity contribution in [2.45, 2.75) is 26.4 Å². The van der Waals surface area contributed by atoms with Crippen LogP contribution in [0.5, 0.6) is 5.75 Å². The minimum Gasteiger partial charge on any atom is -0.428 e. The Hall–Kier alpha value is -2.29. The summed E-state index contributed by atoms with van der Waals surface area (Å²) in [6, 6.07) is 11.5. The van der Waals surface area contributed by atoms with Crippen molar-refractivity contribution in [3.05, 3.63) is 48.5 Å². The summed E-state index contributed by atoms with van der Waals surface area (Å²) in [4.78, 5) is 11.9. The lowest BCUT2D eigenvalue weighted by Gasteiger charge is -2.19. The van der Waals surface area contributed by atoms with Crippen LogP contribution in [0.1, 0.15) is 26.3 Å². The third kappa shape index (κ3) is 3.18. The first-order chi connectivity index (χ1) is 9.40. The molecule has 0 amide bonds. The van der Waals surface area contributed by atoms with Crippen molar-refractivity contribution in [1.82, 2.24) is 0 Å². The maximum absolute atomic E-state index is 11.9. The lowest BCUT2D eigenvalue weighted by molar-refractivity contribution is 0.0209. The molecule has 0 fully saturated rings. The highest BCUT2D eigenvalue weighted by Crippen LogP contribution is 2.31. The van der Waals surface area contributed by atoms with E-state index < -0.39 is 11.8 Å². The van der Waals surface area contributed by atoms with Gasteiger partial charge in [-0.15, -0.1) is 0 Å². The van der Waals surface area contributed by atoms with Crippen LogP contribution in [0.25, 0.3) is 16.8 Å². The zero-order chi connectivity index (χ0) is 14.8. The van der Waals surface area contributed by atoms with Crippen LogP contribution in [-0.4, -0.2) is 11.8 Å². The third-order valence-corrected chi connectivity index (χ3v) is 2.70. The zero-order valence-electron chi connectivity index (χ0n) is 12.0. The van der Waals surface area contributed by atoms with Crippen LogP contribution in [0.15, 0.2) is 43.0 Å². The highest BCUT2D eigenvalue weighted by atomic mass is 16.7. The fraction of sp³-hybridized carbons (Fsp3) is 0.235. The summed E-state index contributed by atoms with van der Waals surface area (Å²) >= 11 is 0. The van der Waals surface area contributed by atoms with E-state index >= 15 is 0 Å². The molecule has 2 aromatic rings. The monoisotopic (exact) mass is 270 g/mol. The molecule has 0 heterocycles. The van der Waals surface area contributed by atoms with Gasteiger partial charge in [0.05, 0.1) is 0 Å². The van der Waals surface area contributed by atoms with Gasteiger partial charge in [0, 0.05) is 10.9 Å². The first-order valence-corrected chi connectivity index (χ1v) is 6.46. The summed E-state index contributed by atoms with van der Waals surface area (Å²) < 4.78 is 10.6. The van der Waals surface area contributed by atoms with Crippen LogP contribution in [0, 0.1) is 0 Å². The van der Waals surface area contributed by atoms with Gasteiger partial charge in [0.25, 0.3) is 0 Å². The van der Waals surface area contributed by atoms with E-state index in [4.69, 9.17) is 9.47 Å². The van der Waals surface area contributed by atoms with Crippen LogP contribution >= 0.6 is 0 Å². The summed E-state index contributed by atoms with van der Waals surface area (Å²) in [5.74, 6) is 0.479. The van der Waals surface area contributed by atoms with E-state index in [1.54, 1.807) is 26.8 Å². The van der Waals surface area contributed by atoms with E-state index in [1.807, 2.05) is 36.4 Å². The number of ether oxygens (including phenoxy) is 2. The molecule has 0 bridgehead atoms. The van der Waals surface area contributed by atoms with Gasteiger partial charge in [0.1, 0.15) is 11.4 Å². The van der Waals surface area contributed by atoms with Crippen LogP contribution in [0.4, 0.5) is 4.79 Å². The topological polar surface area (TPSA) is 35.5 Å². The Morgan fingerprint density at radius 1 is 1.15 bits per heavy atom. The molecule has 0 saturated carbocycles. The molecule has 0 spiro atoms. The Labute approximate surface area is 118 Å². The molecular weight excluding hydrogens is 252 g/mol. The Kier molecular flexibility index (Phi) is 3.79. The van der Waals surface area contributed by atoms with Crippen molar-refractivity contribution in [1.29, 1.82) is 0 Å². The molecule has 0 aliphatic carbocycles. The Balaban J connectivity index is 2.41. The van der Waals surface area contributed by atoms with E-state index in [1.165, 1.54) is 0 Å². The van der Waals surface area contributed by atoms with Crippen LogP contribution in [0.3, 0.4) is 0 Å².